The summed E-state index contributed by atoms with van der Waals surface area (Å²) >= 11 is 0. The van der Waals surface area contributed by atoms with Crippen molar-refractivity contribution in [1.29, 1.82) is 0 Å². The maximum Gasteiger partial charge on any atom is 0.287 e. The second-order valence-electron chi connectivity index (χ2n) is 11.1. The van der Waals surface area contributed by atoms with Crippen LogP contribution in [0.15, 0.2) is 36.5 Å². The number of piperidine rings is 2. The largest absolute Gasteiger partial charge is 0.369 e. The smallest absolute Gasteiger partial charge is 0.287 e. The molecule has 3 saturated heterocycles. The van der Waals surface area contributed by atoms with Crippen molar-refractivity contribution in [2.45, 2.75) is 38.3 Å². The van der Waals surface area contributed by atoms with Crippen LogP contribution < -0.4 is 15.1 Å². The first-order valence-electron chi connectivity index (χ1n) is 14.0. The van der Waals surface area contributed by atoms with E-state index in [-0.39, 0.29) is 29.8 Å². The van der Waals surface area contributed by atoms with Gasteiger partial charge in [0.05, 0.1) is 4.92 Å². The Balaban J connectivity index is 0.986. The highest BCUT2D eigenvalue weighted by molar-refractivity contribution is 6.05. The molecule has 210 valence electrons. The number of fused-ring (bicyclic) bond motifs is 1. The Morgan fingerprint density at radius 2 is 1.73 bits per heavy atom. The molecule has 0 unspecified atom stereocenters. The Morgan fingerprint density at radius 1 is 0.950 bits per heavy atom. The van der Waals surface area contributed by atoms with Gasteiger partial charge in [-0.15, -0.1) is 0 Å². The Bertz CT molecular complexity index is 1320. The molecule has 1 N–H and O–H groups in total. The van der Waals surface area contributed by atoms with Gasteiger partial charge < -0.3 is 14.7 Å². The molecule has 0 radical (unpaired) electrons. The summed E-state index contributed by atoms with van der Waals surface area (Å²) in [5.41, 5.74) is 2.69. The molecule has 3 fully saturated rings. The third-order valence-electron chi connectivity index (χ3n) is 8.64. The van der Waals surface area contributed by atoms with E-state index in [1.54, 1.807) is 11.0 Å². The fraction of sp³-hybridized carbons (Fsp3) is 0.500. The molecule has 3 amide bonds. The van der Waals surface area contributed by atoms with E-state index in [4.69, 9.17) is 0 Å². The number of nitro groups is 1. The molecule has 0 aliphatic carbocycles. The van der Waals surface area contributed by atoms with Crippen LogP contribution in [0.25, 0.3) is 0 Å². The van der Waals surface area contributed by atoms with Crippen molar-refractivity contribution in [3.63, 3.8) is 0 Å². The van der Waals surface area contributed by atoms with Crippen LogP contribution >= 0.6 is 0 Å². The summed E-state index contributed by atoms with van der Waals surface area (Å²) in [6, 6.07) is 8.61. The molecule has 1 aromatic heterocycles. The molecule has 0 bridgehead atoms. The number of aromatic nitrogens is 1. The quantitative estimate of drug-likeness (QED) is 0.327. The zero-order valence-corrected chi connectivity index (χ0v) is 22.3. The number of hydrogen-bond acceptors (Lipinski definition) is 9. The van der Waals surface area contributed by atoms with Crippen molar-refractivity contribution < 1.29 is 19.3 Å². The molecule has 1 aromatic carbocycles. The molecule has 12 heteroatoms. The number of amides is 3. The van der Waals surface area contributed by atoms with Crippen molar-refractivity contribution in [1.82, 2.24) is 20.1 Å². The Labute approximate surface area is 232 Å². The molecule has 1 atom stereocenters. The van der Waals surface area contributed by atoms with Gasteiger partial charge in [-0.05, 0) is 55.0 Å². The van der Waals surface area contributed by atoms with Crippen molar-refractivity contribution in [2.75, 3.05) is 55.6 Å². The number of pyridine rings is 1. The number of imide groups is 1. The van der Waals surface area contributed by atoms with Gasteiger partial charge in [0, 0.05) is 76.1 Å². The van der Waals surface area contributed by atoms with Gasteiger partial charge in [0.15, 0.2) is 0 Å². The summed E-state index contributed by atoms with van der Waals surface area (Å²) in [4.78, 5) is 60.2. The Kier molecular flexibility index (Phi) is 7.09. The predicted octanol–water partition coefficient (Wildman–Crippen LogP) is 1.79. The lowest BCUT2D eigenvalue weighted by Gasteiger charge is -2.40. The third-order valence-corrected chi connectivity index (χ3v) is 8.64. The maximum atomic E-state index is 13.0. The normalized spacial score (nSPS) is 22.4. The topological polar surface area (TPSA) is 132 Å². The minimum Gasteiger partial charge on any atom is -0.369 e. The number of carbonyl (C=O) groups is 3. The SMILES string of the molecule is O=C1CC[C@H](N2Cc3cc(N4CCN(CC5CCN(c6ccc([N+](=O)[O-])cn6)CC5)CC4)ccc3C2=O)C(=O)N1. The lowest BCUT2D eigenvalue weighted by molar-refractivity contribution is -0.385. The van der Waals surface area contributed by atoms with Gasteiger partial charge in [-0.2, -0.15) is 0 Å². The van der Waals surface area contributed by atoms with Crippen LogP contribution in [0, 0.1) is 16.0 Å². The fourth-order valence-corrected chi connectivity index (χ4v) is 6.33. The van der Waals surface area contributed by atoms with Crippen molar-refractivity contribution in [3.05, 3.63) is 57.8 Å². The van der Waals surface area contributed by atoms with E-state index in [9.17, 15) is 24.5 Å². The zero-order valence-electron chi connectivity index (χ0n) is 22.3. The minimum absolute atomic E-state index is 0.0142. The summed E-state index contributed by atoms with van der Waals surface area (Å²) in [6.45, 7) is 7.03. The lowest BCUT2D eigenvalue weighted by Crippen LogP contribution is -2.52. The van der Waals surface area contributed by atoms with E-state index in [0.717, 1.165) is 75.7 Å². The molecule has 2 aromatic rings. The van der Waals surface area contributed by atoms with Crippen LogP contribution in [0.4, 0.5) is 17.2 Å². The highest BCUT2D eigenvalue weighted by Gasteiger charge is 2.39. The number of piperazine rings is 1. The summed E-state index contributed by atoms with van der Waals surface area (Å²) < 4.78 is 0. The third kappa shape index (κ3) is 5.23. The van der Waals surface area contributed by atoms with Crippen LogP contribution in [-0.2, 0) is 16.1 Å². The molecular formula is C28H33N7O5. The first-order valence-corrected chi connectivity index (χ1v) is 14.0. The van der Waals surface area contributed by atoms with E-state index < -0.39 is 11.0 Å². The monoisotopic (exact) mass is 547 g/mol. The minimum atomic E-state index is -0.596. The van der Waals surface area contributed by atoms with Crippen LogP contribution in [0.1, 0.15) is 41.6 Å². The van der Waals surface area contributed by atoms with Gasteiger partial charge in [0.1, 0.15) is 18.1 Å². The number of hydrogen-bond donors (Lipinski definition) is 1. The molecule has 4 aliphatic heterocycles. The predicted molar refractivity (Wildman–Crippen MR) is 147 cm³/mol. The van der Waals surface area contributed by atoms with Crippen LogP contribution in [0.3, 0.4) is 0 Å². The van der Waals surface area contributed by atoms with Crippen molar-refractivity contribution in [3.8, 4) is 0 Å². The molecule has 40 heavy (non-hydrogen) atoms. The van der Waals surface area contributed by atoms with E-state index in [1.165, 1.54) is 12.3 Å². The van der Waals surface area contributed by atoms with Crippen molar-refractivity contribution in [2.24, 2.45) is 5.92 Å². The number of carbonyl (C=O) groups excluding carboxylic acids is 3. The molecule has 0 spiro atoms. The zero-order chi connectivity index (χ0) is 27.8. The summed E-state index contributed by atoms with van der Waals surface area (Å²) in [6.07, 6.45) is 4.09. The second kappa shape index (κ2) is 10.8. The molecule has 5 heterocycles. The maximum absolute atomic E-state index is 13.0. The molecule has 4 aliphatic rings. The van der Waals surface area contributed by atoms with Crippen molar-refractivity contribution >= 4 is 34.9 Å². The number of rotatable bonds is 6. The highest BCUT2D eigenvalue weighted by atomic mass is 16.6. The van der Waals surface area contributed by atoms with Crippen LogP contribution in [0.5, 0.6) is 0 Å². The number of nitrogens with zero attached hydrogens (tertiary/aromatic N) is 6. The molecular weight excluding hydrogens is 514 g/mol. The Morgan fingerprint density at radius 3 is 2.40 bits per heavy atom. The highest BCUT2D eigenvalue weighted by Crippen LogP contribution is 2.31. The van der Waals surface area contributed by atoms with Gasteiger partial charge >= 0.3 is 0 Å². The fourth-order valence-electron chi connectivity index (χ4n) is 6.33. The molecule has 12 nitrogen and oxygen atoms in total. The van der Waals surface area contributed by atoms with Gasteiger partial charge in [-0.1, -0.05) is 0 Å². The van der Waals surface area contributed by atoms with Gasteiger partial charge in [-0.25, -0.2) is 4.98 Å². The van der Waals surface area contributed by atoms with Gasteiger partial charge in [-0.3, -0.25) is 34.7 Å². The summed E-state index contributed by atoms with van der Waals surface area (Å²) in [7, 11) is 0. The number of benzene rings is 1. The van der Waals surface area contributed by atoms with E-state index in [2.05, 4.69) is 31.1 Å². The molecule has 0 saturated carbocycles. The molecule has 6 rings (SSSR count). The number of anilines is 2. The van der Waals surface area contributed by atoms with Crippen LogP contribution in [0.2, 0.25) is 0 Å². The average molecular weight is 548 g/mol. The van der Waals surface area contributed by atoms with E-state index in [1.807, 2.05) is 12.1 Å². The first-order chi connectivity index (χ1) is 19.4. The van der Waals surface area contributed by atoms with Gasteiger partial charge in [0.2, 0.25) is 11.8 Å². The Hall–Kier alpha value is -4.06. The summed E-state index contributed by atoms with van der Waals surface area (Å²) in [5.74, 6) is 0.606. The lowest BCUT2D eigenvalue weighted by atomic mass is 9.96. The van der Waals surface area contributed by atoms with Gasteiger partial charge in [0.25, 0.3) is 11.6 Å². The van der Waals surface area contributed by atoms with E-state index >= 15 is 0 Å². The van der Waals surface area contributed by atoms with Crippen LogP contribution in [-0.4, -0.2) is 89.3 Å². The first kappa shape index (κ1) is 26.2. The number of nitrogens with one attached hydrogen (secondary N) is 1. The standard InChI is InChI=1S/C28H33N7O5/c36-26-6-4-24(27(37)30-26)34-18-20-15-21(1-3-23(20)28(34)38)32-13-11-31(12-14-32)17-19-7-9-33(10-8-19)25-5-2-22(16-29-25)35(39)40/h1-3,5,15-16,19,24H,4,6-14,17-18H2,(H,30,36,37)/t24-/m0/s1. The van der Waals surface area contributed by atoms with E-state index in [0.29, 0.717) is 24.4 Å². The summed E-state index contributed by atoms with van der Waals surface area (Å²) in [5, 5.41) is 13.2. The second-order valence-corrected chi connectivity index (χ2v) is 11.1. The average Bonchev–Trinajstić information content (AvgIpc) is 3.29.